The molecule has 1 heterocycles. The van der Waals surface area contributed by atoms with Crippen LogP contribution in [-0.2, 0) is 25.5 Å². The number of ether oxygens (including phenoxy) is 1. The molecule has 0 fully saturated rings. The van der Waals surface area contributed by atoms with Gasteiger partial charge in [0.15, 0.2) is 0 Å². The number of rotatable bonds is 6. The molecule has 168 valence electrons. The molecule has 0 spiro atoms. The molecule has 3 amide bonds. The molecular weight excluding hydrogens is 410 g/mol. The van der Waals surface area contributed by atoms with E-state index in [0.717, 1.165) is 11.8 Å². The Morgan fingerprint density at radius 2 is 1.75 bits per heavy atom. The van der Waals surface area contributed by atoms with Crippen LogP contribution in [-0.4, -0.2) is 42.4 Å². The summed E-state index contributed by atoms with van der Waals surface area (Å²) < 4.78 is 5.27. The first kappa shape index (κ1) is 23.0. The molecule has 0 saturated carbocycles. The second kappa shape index (κ2) is 9.64. The highest BCUT2D eigenvalue weighted by molar-refractivity contribution is 6.02. The number of aldehydes is 1. The smallest absolute Gasteiger partial charge is 0.408 e. The summed E-state index contributed by atoms with van der Waals surface area (Å²) in [6.45, 7) is 4.84. The van der Waals surface area contributed by atoms with Crippen molar-refractivity contribution >= 4 is 29.9 Å². The average molecular weight is 437 g/mol. The number of nitrogens with zero attached hydrogens (tertiary/aromatic N) is 1. The van der Waals surface area contributed by atoms with E-state index in [9.17, 15) is 19.2 Å². The fourth-order valence-electron chi connectivity index (χ4n) is 3.56. The molecule has 0 radical (unpaired) electrons. The number of hydrogen-bond acceptors (Lipinski definition) is 5. The van der Waals surface area contributed by atoms with Crippen LogP contribution in [0.2, 0.25) is 0 Å². The number of para-hydroxylation sites is 1. The van der Waals surface area contributed by atoms with E-state index < -0.39 is 35.6 Å². The van der Waals surface area contributed by atoms with Crippen molar-refractivity contribution in [3.8, 4) is 0 Å². The number of nitrogens with one attached hydrogen (secondary N) is 2. The summed E-state index contributed by atoms with van der Waals surface area (Å²) in [5.74, 6) is -0.977. The Morgan fingerprint density at radius 1 is 1.09 bits per heavy atom. The Bertz CT molecular complexity index is 1000. The van der Waals surface area contributed by atoms with Crippen molar-refractivity contribution in [1.29, 1.82) is 0 Å². The minimum atomic E-state index is -1.05. The van der Waals surface area contributed by atoms with Gasteiger partial charge in [0.1, 0.15) is 17.9 Å². The monoisotopic (exact) mass is 437 g/mol. The van der Waals surface area contributed by atoms with Gasteiger partial charge in [-0.15, -0.1) is 0 Å². The second-order valence-electron chi connectivity index (χ2n) is 8.51. The predicted octanol–water partition coefficient (Wildman–Crippen LogP) is 2.53. The van der Waals surface area contributed by atoms with Crippen molar-refractivity contribution < 1.29 is 23.9 Å². The first-order valence-electron chi connectivity index (χ1n) is 10.4. The molecule has 2 aromatic carbocycles. The molecule has 8 nitrogen and oxygen atoms in total. The summed E-state index contributed by atoms with van der Waals surface area (Å²) in [6, 6.07) is 14.3. The Kier molecular flexibility index (Phi) is 6.92. The Morgan fingerprint density at radius 3 is 2.41 bits per heavy atom. The zero-order valence-electron chi connectivity index (χ0n) is 18.3. The lowest BCUT2D eigenvalue weighted by Gasteiger charge is -2.25. The van der Waals surface area contributed by atoms with E-state index in [0.29, 0.717) is 17.7 Å². The number of fused-ring (bicyclic) bond motifs is 1. The minimum Gasteiger partial charge on any atom is -0.444 e. The largest absolute Gasteiger partial charge is 0.444 e. The summed E-state index contributed by atoms with van der Waals surface area (Å²) in [4.78, 5) is 51.0. The van der Waals surface area contributed by atoms with Crippen LogP contribution in [0, 0.1) is 0 Å². The van der Waals surface area contributed by atoms with Gasteiger partial charge in [-0.05, 0) is 38.0 Å². The zero-order chi connectivity index (χ0) is 23.3. The highest BCUT2D eigenvalue weighted by Crippen LogP contribution is 2.31. The van der Waals surface area contributed by atoms with Crippen molar-refractivity contribution in [3.63, 3.8) is 0 Å². The molecule has 3 rings (SSSR count). The van der Waals surface area contributed by atoms with E-state index >= 15 is 0 Å². The molecule has 0 saturated heterocycles. The molecule has 32 heavy (non-hydrogen) atoms. The van der Waals surface area contributed by atoms with Gasteiger partial charge in [0.25, 0.3) is 0 Å². The van der Waals surface area contributed by atoms with Crippen molar-refractivity contribution in [2.75, 3.05) is 11.4 Å². The number of carbonyl (C=O) groups excluding carboxylic acids is 4. The normalized spacial score (nSPS) is 16.0. The number of carbonyl (C=O) groups is 4. The lowest BCUT2D eigenvalue weighted by Crippen LogP contribution is -2.48. The predicted molar refractivity (Wildman–Crippen MR) is 119 cm³/mol. The molecule has 0 aliphatic carbocycles. The van der Waals surface area contributed by atoms with Crippen LogP contribution >= 0.6 is 0 Å². The molecule has 2 N–H and O–H groups in total. The van der Waals surface area contributed by atoms with E-state index in [-0.39, 0.29) is 6.54 Å². The lowest BCUT2D eigenvalue weighted by atomic mass is 10.1. The first-order valence-corrected chi connectivity index (χ1v) is 10.4. The van der Waals surface area contributed by atoms with Gasteiger partial charge in [0, 0.05) is 12.1 Å². The molecule has 2 atom stereocenters. The van der Waals surface area contributed by atoms with Crippen LogP contribution in [0.1, 0.15) is 37.9 Å². The SMILES string of the molecule is CC(C)(C)OC(=O)N[C@H](C(=O)NCC(=O)N1c2ccccc2C[C@H]1C=O)c1ccccc1. The Hall–Kier alpha value is -3.68. The summed E-state index contributed by atoms with van der Waals surface area (Å²) in [7, 11) is 0. The third-order valence-corrected chi connectivity index (χ3v) is 4.91. The summed E-state index contributed by atoms with van der Waals surface area (Å²) >= 11 is 0. The molecule has 0 unspecified atom stereocenters. The molecule has 8 heteroatoms. The maximum Gasteiger partial charge on any atom is 0.408 e. The lowest BCUT2D eigenvalue weighted by molar-refractivity contribution is -0.126. The van der Waals surface area contributed by atoms with Crippen molar-refractivity contribution in [3.05, 3.63) is 65.7 Å². The van der Waals surface area contributed by atoms with Crippen LogP contribution in [0.25, 0.3) is 0 Å². The van der Waals surface area contributed by atoms with Crippen molar-refractivity contribution in [2.24, 2.45) is 0 Å². The van der Waals surface area contributed by atoms with Gasteiger partial charge < -0.3 is 25.1 Å². The molecule has 1 aliphatic heterocycles. The van der Waals surface area contributed by atoms with Crippen molar-refractivity contribution in [1.82, 2.24) is 10.6 Å². The molecule has 2 aromatic rings. The van der Waals surface area contributed by atoms with Gasteiger partial charge in [-0.1, -0.05) is 48.5 Å². The fourth-order valence-corrected chi connectivity index (χ4v) is 3.56. The van der Waals surface area contributed by atoms with E-state index in [1.54, 1.807) is 63.2 Å². The second-order valence-corrected chi connectivity index (χ2v) is 8.51. The fraction of sp³-hybridized carbons (Fsp3) is 0.333. The van der Waals surface area contributed by atoms with Gasteiger partial charge >= 0.3 is 6.09 Å². The number of amides is 3. The van der Waals surface area contributed by atoms with E-state index in [1.165, 1.54) is 4.90 Å². The molecule has 1 aliphatic rings. The number of benzene rings is 2. The van der Waals surface area contributed by atoms with Crippen LogP contribution in [0.15, 0.2) is 54.6 Å². The quantitative estimate of drug-likeness (QED) is 0.676. The van der Waals surface area contributed by atoms with E-state index in [1.807, 2.05) is 12.1 Å². The van der Waals surface area contributed by atoms with Gasteiger partial charge in [0.2, 0.25) is 11.8 Å². The number of anilines is 1. The van der Waals surface area contributed by atoms with Crippen LogP contribution < -0.4 is 15.5 Å². The number of alkyl carbamates (subject to hydrolysis) is 1. The van der Waals surface area contributed by atoms with Crippen molar-refractivity contribution in [2.45, 2.75) is 44.9 Å². The maximum absolute atomic E-state index is 12.9. The van der Waals surface area contributed by atoms with E-state index in [4.69, 9.17) is 4.74 Å². The molecular formula is C24H27N3O5. The van der Waals surface area contributed by atoms with Gasteiger partial charge in [-0.2, -0.15) is 0 Å². The zero-order valence-corrected chi connectivity index (χ0v) is 18.3. The number of hydrogen-bond donors (Lipinski definition) is 2. The first-order chi connectivity index (χ1) is 15.2. The standard InChI is InChI=1S/C24H27N3O5/c1-24(2,3)32-23(31)26-21(16-9-5-4-6-10-16)22(30)25-14-20(29)27-18(15-28)13-17-11-7-8-12-19(17)27/h4-12,15,18,21H,13-14H2,1-3H3,(H,25,30)(H,26,31)/t18-,21-/m0/s1. The molecule has 0 bridgehead atoms. The van der Waals surface area contributed by atoms with Crippen LogP contribution in [0.4, 0.5) is 10.5 Å². The Balaban J connectivity index is 1.71. The highest BCUT2D eigenvalue weighted by Gasteiger charge is 2.34. The van der Waals surface area contributed by atoms with Gasteiger partial charge in [-0.3, -0.25) is 9.59 Å². The topological polar surface area (TPSA) is 105 Å². The Labute approximate surface area is 186 Å². The minimum absolute atomic E-state index is 0.323. The molecule has 0 aromatic heterocycles. The average Bonchev–Trinajstić information content (AvgIpc) is 3.14. The summed E-state index contributed by atoms with van der Waals surface area (Å²) in [6.07, 6.45) is 0.422. The third-order valence-electron chi connectivity index (χ3n) is 4.91. The highest BCUT2D eigenvalue weighted by atomic mass is 16.6. The van der Waals surface area contributed by atoms with E-state index in [2.05, 4.69) is 10.6 Å². The third kappa shape index (κ3) is 5.51. The van der Waals surface area contributed by atoms with Crippen LogP contribution in [0.3, 0.4) is 0 Å². The van der Waals surface area contributed by atoms with Gasteiger partial charge in [-0.25, -0.2) is 4.79 Å². The summed E-state index contributed by atoms with van der Waals surface area (Å²) in [5, 5.41) is 5.15. The summed E-state index contributed by atoms with van der Waals surface area (Å²) in [5.41, 5.74) is 1.37. The maximum atomic E-state index is 12.9. The van der Waals surface area contributed by atoms with Gasteiger partial charge in [0.05, 0.1) is 12.6 Å². The van der Waals surface area contributed by atoms with Crippen LogP contribution in [0.5, 0.6) is 0 Å².